The van der Waals surface area contributed by atoms with Gasteiger partial charge in [0.1, 0.15) is 12.4 Å². The van der Waals surface area contributed by atoms with Gasteiger partial charge in [0.15, 0.2) is 0 Å². The van der Waals surface area contributed by atoms with Crippen molar-refractivity contribution in [2.24, 2.45) is 0 Å². The third-order valence-corrected chi connectivity index (χ3v) is 6.40. The first-order chi connectivity index (χ1) is 11.9. The van der Waals surface area contributed by atoms with E-state index in [1.807, 2.05) is 30.3 Å². The quantitative estimate of drug-likeness (QED) is 0.587. The summed E-state index contributed by atoms with van der Waals surface area (Å²) in [5, 5.41) is 0. The molecule has 1 aromatic carbocycles. The molecule has 1 amide bonds. The summed E-state index contributed by atoms with van der Waals surface area (Å²) in [5.41, 5.74) is 0.848. The van der Waals surface area contributed by atoms with E-state index in [2.05, 4.69) is 0 Å². The molecule has 1 aromatic rings. The van der Waals surface area contributed by atoms with Crippen molar-refractivity contribution in [3.8, 4) is 0 Å². The van der Waals surface area contributed by atoms with Crippen molar-refractivity contribution in [1.29, 1.82) is 0 Å². The Kier molecular flexibility index (Phi) is 7.02. The molecule has 0 aromatic heterocycles. The minimum Gasteiger partial charge on any atom is -0.466 e. The minimum atomic E-state index is -3.70. The summed E-state index contributed by atoms with van der Waals surface area (Å²) in [6.07, 6.45) is 0.132. The fourth-order valence-electron chi connectivity index (χ4n) is 2.82. The molecule has 1 aliphatic heterocycles. The molecule has 0 aliphatic carbocycles. The van der Waals surface area contributed by atoms with Gasteiger partial charge in [-0.25, -0.2) is 4.79 Å². The first-order valence-corrected chi connectivity index (χ1v) is 10.3. The average molecular weight is 369 g/mol. The number of carbonyl (C=O) groups excluding carboxylic acids is 2. The molecule has 25 heavy (non-hydrogen) atoms. The first kappa shape index (κ1) is 19.5. The van der Waals surface area contributed by atoms with Gasteiger partial charge in [0.2, 0.25) is 7.37 Å². The van der Waals surface area contributed by atoms with Gasteiger partial charge in [0.25, 0.3) is 0 Å². The number of hydrogen-bond donors (Lipinski definition) is 1. The van der Waals surface area contributed by atoms with Crippen molar-refractivity contribution in [2.45, 2.75) is 38.6 Å². The van der Waals surface area contributed by atoms with Crippen LogP contribution in [0, 0.1) is 0 Å². The van der Waals surface area contributed by atoms with Gasteiger partial charge < -0.3 is 14.4 Å². The average Bonchev–Trinajstić information content (AvgIpc) is 3.10. The summed E-state index contributed by atoms with van der Waals surface area (Å²) >= 11 is 0. The van der Waals surface area contributed by atoms with Gasteiger partial charge in [-0.3, -0.25) is 14.3 Å². The second-order valence-corrected chi connectivity index (χ2v) is 8.45. The predicted octanol–water partition coefficient (Wildman–Crippen LogP) is 2.97. The van der Waals surface area contributed by atoms with E-state index in [0.29, 0.717) is 19.4 Å². The molecule has 1 heterocycles. The molecule has 1 saturated heterocycles. The smallest absolute Gasteiger partial charge is 0.410 e. The molecule has 8 heteroatoms. The van der Waals surface area contributed by atoms with E-state index in [1.165, 1.54) is 4.90 Å². The van der Waals surface area contributed by atoms with Crippen LogP contribution in [0.5, 0.6) is 0 Å². The van der Waals surface area contributed by atoms with Crippen molar-refractivity contribution in [2.75, 3.05) is 19.3 Å². The summed E-state index contributed by atoms with van der Waals surface area (Å²) in [6, 6.07) is 9.24. The normalized spacial score (nSPS) is 19.3. The van der Waals surface area contributed by atoms with Crippen LogP contribution >= 0.6 is 7.37 Å². The van der Waals surface area contributed by atoms with Crippen molar-refractivity contribution in [3.63, 3.8) is 0 Å². The molecular formula is C17H24NO6P. The zero-order valence-corrected chi connectivity index (χ0v) is 15.2. The second kappa shape index (κ2) is 9.02. The highest BCUT2D eigenvalue weighted by molar-refractivity contribution is 7.58. The summed E-state index contributed by atoms with van der Waals surface area (Å²) in [4.78, 5) is 35.4. The number of likely N-dealkylation sites (tertiary alicyclic amines) is 1. The lowest BCUT2D eigenvalue weighted by Crippen LogP contribution is -2.36. The molecule has 0 bridgehead atoms. The van der Waals surface area contributed by atoms with Gasteiger partial charge in [0.05, 0.1) is 13.0 Å². The number of benzene rings is 1. The minimum absolute atomic E-state index is 0.113. The zero-order valence-electron chi connectivity index (χ0n) is 14.3. The highest BCUT2D eigenvalue weighted by Gasteiger charge is 2.42. The lowest BCUT2D eigenvalue weighted by Gasteiger charge is -2.27. The van der Waals surface area contributed by atoms with Gasteiger partial charge in [-0.15, -0.1) is 0 Å². The number of esters is 1. The largest absolute Gasteiger partial charge is 0.466 e. The van der Waals surface area contributed by atoms with E-state index in [0.717, 1.165) is 5.56 Å². The summed E-state index contributed by atoms with van der Waals surface area (Å²) in [6.45, 7) is 2.40. The fraction of sp³-hybridized carbons (Fsp3) is 0.529. The number of amides is 1. The summed E-state index contributed by atoms with van der Waals surface area (Å²) in [7, 11) is -3.70. The Balaban J connectivity index is 1.92. The van der Waals surface area contributed by atoms with Crippen molar-refractivity contribution in [1.82, 2.24) is 4.90 Å². The van der Waals surface area contributed by atoms with Crippen LogP contribution in [0.4, 0.5) is 4.79 Å². The zero-order chi connectivity index (χ0) is 18.3. The molecule has 0 spiro atoms. The Bertz CT molecular complexity index is 635. The van der Waals surface area contributed by atoms with Crippen LogP contribution in [0.1, 0.15) is 31.7 Å². The molecule has 138 valence electrons. The summed E-state index contributed by atoms with van der Waals surface area (Å²) < 4.78 is 22.7. The van der Waals surface area contributed by atoms with Crippen LogP contribution in [0.2, 0.25) is 0 Å². The van der Waals surface area contributed by atoms with Crippen LogP contribution < -0.4 is 0 Å². The molecule has 0 saturated carbocycles. The van der Waals surface area contributed by atoms with Crippen LogP contribution in [0.25, 0.3) is 0 Å². The van der Waals surface area contributed by atoms with Gasteiger partial charge in [0, 0.05) is 12.7 Å². The molecule has 1 fully saturated rings. The Morgan fingerprint density at radius 2 is 2.00 bits per heavy atom. The van der Waals surface area contributed by atoms with E-state index >= 15 is 0 Å². The third-order valence-electron chi connectivity index (χ3n) is 4.07. The molecule has 2 atom stereocenters. The van der Waals surface area contributed by atoms with Crippen molar-refractivity contribution < 1.29 is 28.5 Å². The van der Waals surface area contributed by atoms with Crippen molar-refractivity contribution in [3.05, 3.63) is 35.9 Å². The highest BCUT2D eigenvalue weighted by Crippen LogP contribution is 2.52. The molecular weight excluding hydrogens is 345 g/mol. The van der Waals surface area contributed by atoms with Gasteiger partial charge >= 0.3 is 12.1 Å². The Hall–Kier alpha value is -1.85. The maximum Gasteiger partial charge on any atom is 0.410 e. The SMILES string of the molecule is CCOC(=O)CCP(=O)(O)C1CCCN1C(=O)OCc1ccccc1. The van der Waals surface area contributed by atoms with Crippen LogP contribution in [0.3, 0.4) is 0 Å². The molecule has 0 radical (unpaired) electrons. The Labute approximate surface area is 147 Å². The first-order valence-electron chi connectivity index (χ1n) is 8.38. The fourth-order valence-corrected chi connectivity index (χ4v) is 4.85. The number of rotatable bonds is 7. The number of ether oxygens (including phenoxy) is 2. The van der Waals surface area contributed by atoms with E-state index in [4.69, 9.17) is 9.47 Å². The van der Waals surface area contributed by atoms with Gasteiger partial charge in [-0.05, 0) is 25.3 Å². The van der Waals surface area contributed by atoms with E-state index in [-0.39, 0.29) is 25.8 Å². The maximum atomic E-state index is 12.6. The molecule has 2 rings (SSSR count). The van der Waals surface area contributed by atoms with E-state index < -0.39 is 25.2 Å². The van der Waals surface area contributed by atoms with Crippen LogP contribution in [-0.4, -0.2) is 47.0 Å². The number of carbonyl (C=O) groups is 2. The predicted molar refractivity (Wildman–Crippen MR) is 92.3 cm³/mol. The molecule has 2 unspecified atom stereocenters. The van der Waals surface area contributed by atoms with Crippen molar-refractivity contribution >= 4 is 19.4 Å². The lowest BCUT2D eigenvalue weighted by atomic mass is 10.2. The second-order valence-electron chi connectivity index (χ2n) is 5.89. The lowest BCUT2D eigenvalue weighted by molar-refractivity contribution is -0.142. The van der Waals surface area contributed by atoms with Gasteiger partial charge in [-0.1, -0.05) is 30.3 Å². The van der Waals surface area contributed by atoms with E-state index in [9.17, 15) is 19.0 Å². The Morgan fingerprint density at radius 1 is 1.28 bits per heavy atom. The summed E-state index contributed by atoms with van der Waals surface area (Å²) in [5.74, 6) is -1.31. The highest BCUT2D eigenvalue weighted by atomic mass is 31.2. The van der Waals surface area contributed by atoms with Crippen LogP contribution in [0.15, 0.2) is 30.3 Å². The maximum absolute atomic E-state index is 12.6. The number of nitrogens with zero attached hydrogens (tertiary/aromatic N) is 1. The molecule has 1 N–H and O–H groups in total. The van der Waals surface area contributed by atoms with E-state index in [1.54, 1.807) is 6.92 Å². The van der Waals surface area contributed by atoms with Crippen LogP contribution in [-0.2, 0) is 25.4 Å². The topological polar surface area (TPSA) is 93.1 Å². The van der Waals surface area contributed by atoms with Gasteiger partial charge in [-0.2, -0.15) is 0 Å². The number of hydrogen-bond acceptors (Lipinski definition) is 5. The molecule has 7 nitrogen and oxygen atoms in total. The Morgan fingerprint density at radius 3 is 2.68 bits per heavy atom. The molecule has 1 aliphatic rings. The monoisotopic (exact) mass is 369 g/mol. The standard InChI is InChI=1S/C17H24NO6P/c1-2-23-16(19)10-12-25(21,22)15-9-6-11-18(15)17(20)24-13-14-7-4-3-5-8-14/h3-5,7-8,15H,2,6,9-13H2,1H3,(H,21,22). The third kappa shape index (κ3) is 5.58.